The number of carbonyl (C=O) groups excluding carboxylic acids is 1. The van der Waals surface area contributed by atoms with E-state index in [0.717, 1.165) is 17.2 Å². The van der Waals surface area contributed by atoms with Crippen LogP contribution in [-0.4, -0.2) is 69.0 Å². The molecule has 0 spiro atoms. The number of pyridine rings is 1. The lowest BCUT2D eigenvalue weighted by Gasteiger charge is -2.41. The van der Waals surface area contributed by atoms with Gasteiger partial charge in [0.1, 0.15) is 11.9 Å². The number of benzene rings is 1. The molecule has 1 aromatic heterocycles. The van der Waals surface area contributed by atoms with E-state index >= 15 is 0 Å². The van der Waals surface area contributed by atoms with Crippen LogP contribution in [0.5, 0.6) is 0 Å². The number of hydrogen-bond donors (Lipinski definition) is 1. The van der Waals surface area contributed by atoms with E-state index in [0.29, 0.717) is 32.1 Å². The van der Waals surface area contributed by atoms with E-state index in [1.54, 1.807) is 36.2 Å². The van der Waals surface area contributed by atoms with E-state index in [1.165, 1.54) is 4.31 Å². The molecule has 0 aliphatic carbocycles. The smallest absolute Gasteiger partial charge is 0.249 e. The first-order chi connectivity index (χ1) is 15.2. The first kappa shape index (κ1) is 22.5. The molecule has 1 N–H and O–H groups in total. The van der Waals surface area contributed by atoms with Crippen molar-refractivity contribution in [2.24, 2.45) is 0 Å². The third kappa shape index (κ3) is 4.05. The average Bonchev–Trinajstić information content (AvgIpc) is 2.78. The molecule has 2 aliphatic rings. The summed E-state index contributed by atoms with van der Waals surface area (Å²) in [6, 6.07) is 10.1. The standard InChI is InChI=1S/C22H29N5O4S/c1-15(2)27-16(3)22(28)25(4)19-9-10-20(24-21(19)27)23-17-5-7-18(8-6-17)32(29,30)26-11-13-31-14-12-26/h5-10,15-16H,11-14H2,1-4H3,(H,23,24)/t16-/m1/s1. The number of nitrogens with zero attached hydrogens (tertiary/aromatic N) is 4. The summed E-state index contributed by atoms with van der Waals surface area (Å²) in [6.07, 6.45) is 0. The van der Waals surface area contributed by atoms with Gasteiger partial charge in [0.25, 0.3) is 0 Å². The second-order valence-corrected chi connectivity index (χ2v) is 10.2. The number of aromatic nitrogens is 1. The summed E-state index contributed by atoms with van der Waals surface area (Å²) in [6.45, 7) is 7.51. The number of likely N-dealkylation sites (N-methyl/N-ethyl adjacent to an activating group) is 1. The maximum absolute atomic E-state index is 12.8. The number of sulfonamides is 1. The van der Waals surface area contributed by atoms with Crippen LogP contribution in [0.3, 0.4) is 0 Å². The molecular weight excluding hydrogens is 430 g/mol. The largest absolute Gasteiger partial charge is 0.379 e. The summed E-state index contributed by atoms with van der Waals surface area (Å²) >= 11 is 0. The Morgan fingerprint density at radius 3 is 2.38 bits per heavy atom. The molecule has 2 aliphatic heterocycles. The number of rotatable bonds is 5. The van der Waals surface area contributed by atoms with Crippen molar-refractivity contribution in [1.82, 2.24) is 9.29 Å². The molecule has 4 rings (SSSR count). The van der Waals surface area contributed by atoms with Crippen molar-refractivity contribution in [1.29, 1.82) is 0 Å². The van der Waals surface area contributed by atoms with Gasteiger partial charge >= 0.3 is 0 Å². The van der Waals surface area contributed by atoms with Gasteiger partial charge in [0.05, 0.1) is 23.8 Å². The van der Waals surface area contributed by atoms with Gasteiger partial charge < -0.3 is 19.9 Å². The Hall–Kier alpha value is -2.69. The number of ether oxygens (including phenoxy) is 1. The molecule has 172 valence electrons. The number of amides is 1. The quantitative estimate of drug-likeness (QED) is 0.734. The van der Waals surface area contributed by atoms with Gasteiger partial charge in [0.2, 0.25) is 15.9 Å². The zero-order valence-electron chi connectivity index (χ0n) is 18.8. The van der Waals surface area contributed by atoms with Crippen LogP contribution in [-0.2, 0) is 19.6 Å². The van der Waals surface area contributed by atoms with Crippen molar-refractivity contribution in [2.75, 3.05) is 48.5 Å². The zero-order chi connectivity index (χ0) is 23.0. The summed E-state index contributed by atoms with van der Waals surface area (Å²) in [4.78, 5) is 21.3. The molecule has 1 aromatic carbocycles. The Balaban J connectivity index is 1.57. The number of fused-ring (bicyclic) bond motifs is 1. The van der Waals surface area contributed by atoms with Gasteiger partial charge in [-0.2, -0.15) is 4.31 Å². The Bertz CT molecular complexity index is 1100. The van der Waals surface area contributed by atoms with E-state index in [4.69, 9.17) is 9.72 Å². The number of morpholine rings is 1. The van der Waals surface area contributed by atoms with Crippen molar-refractivity contribution >= 4 is 38.9 Å². The van der Waals surface area contributed by atoms with Crippen molar-refractivity contribution in [3.05, 3.63) is 36.4 Å². The highest BCUT2D eigenvalue weighted by Crippen LogP contribution is 2.36. The highest BCUT2D eigenvalue weighted by Gasteiger charge is 2.36. The Labute approximate surface area is 189 Å². The fourth-order valence-electron chi connectivity index (χ4n) is 4.15. The molecule has 0 unspecified atom stereocenters. The van der Waals surface area contributed by atoms with Crippen LogP contribution in [0.25, 0.3) is 0 Å². The molecule has 10 heteroatoms. The SMILES string of the molecule is CC(C)N1c2nc(Nc3ccc(S(=O)(=O)N4CCOCC4)cc3)ccc2N(C)C(=O)[C@H]1C. The predicted octanol–water partition coefficient (Wildman–Crippen LogP) is 2.43. The van der Waals surface area contributed by atoms with E-state index in [2.05, 4.69) is 5.32 Å². The van der Waals surface area contributed by atoms with Gasteiger partial charge in [-0.25, -0.2) is 13.4 Å². The van der Waals surface area contributed by atoms with Gasteiger partial charge in [0, 0.05) is 31.9 Å². The second kappa shape index (κ2) is 8.68. The highest BCUT2D eigenvalue weighted by molar-refractivity contribution is 7.89. The zero-order valence-corrected chi connectivity index (χ0v) is 19.6. The lowest BCUT2D eigenvalue weighted by molar-refractivity contribution is -0.119. The van der Waals surface area contributed by atoms with Gasteiger partial charge in [-0.05, 0) is 57.2 Å². The van der Waals surface area contributed by atoms with E-state index in [-0.39, 0.29) is 22.9 Å². The number of hydrogen-bond acceptors (Lipinski definition) is 7. The fourth-order valence-corrected chi connectivity index (χ4v) is 5.56. The third-order valence-corrected chi connectivity index (χ3v) is 7.77. The summed E-state index contributed by atoms with van der Waals surface area (Å²) in [7, 11) is -1.77. The summed E-state index contributed by atoms with van der Waals surface area (Å²) in [5.41, 5.74) is 1.49. The Kier molecular flexibility index (Phi) is 6.11. The van der Waals surface area contributed by atoms with E-state index in [9.17, 15) is 13.2 Å². The van der Waals surface area contributed by atoms with Crippen LogP contribution in [0, 0.1) is 0 Å². The summed E-state index contributed by atoms with van der Waals surface area (Å²) < 4.78 is 32.3. The predicted molar refractivity (Wildman–Crippen MR) is 124 cm³/mol. The lowest BCUT2D eigenvalue weighted by atomic mass is 10.1. The maximum Gasteiger partial charge on any atom is 0.249 e. The van der Waals surface area contributed by atoms with Crippen LogP contribution in [0.2, 0.25) is 0 Å². The van der Waals surface area contributed by atoms with Crippen LogP contribution >= 0.6 is 0 Å². The van der Waals surface area contributed by atoms with Gasteiger partial charge in [-0.3, -0.25) is 4.79 Å². The number of nitrogens with one attached hydrogen (secondary N) is 1. The van der Waals surface area contributed by atoms with Crippen LogP contribution in [0.4, 0.5) is 23.0 Å². The molecule has 32 heavy (non-hydrogen) atoms. The topological polar surface area (TPSA) is 95.1 Å². The summed E-state index contributed by atoms with van der Waals surface area (Å²) in [5, 5.41) is 3.24. The first-order valence-corrected chi connectivity index (χ1v) is 12.2. The summed E-state index contributed by atoms with van der Waals surface area (Å²) in [5.74, 6) is 1.39. The van der Waals surface area contributed by atoms with Crippen molar-refractivity contribution < 1.29 is 17.9 Å². The van der Waals surface area contributed by atoms with Crippen LogP contribution in [0.1, 0.15) is 20.8 Å². The molecule has 2 aromatic rings. The molecule has 1 amide bonds. The Morgan fingerprint density at radius 1 is 1.09 bits per heavy atom. The van der Waals surface area contributed by atoms with Crippen LogP contribution < -0.4 is 15.1 Å². The minimum atomic E-state index is -3.53. The lowest BCUT2D eigenvalue weighted by Crippen LogP contribution is -2.53. The van der Waals surface area contributed by atoms with Crippen LogP contribution in [0.15, 0.2) is 41.3 Å². The van der Waals surface area contributed by atoms with Crippen molar-refractivity contribution in [2.45, 2.75) is 37.8 Å². The molecule has 0 radical (unpaired) electrons. The number of carbonyl (C=O) groups is 1. The maximum atomic E-state index is 12.8. The first-order valence-electron chi connectivity index (χ1n) is 10.7. The molecule has 1 atom stereocenters. The molecule has 0 bridgehead atoms. The number of anilines is 4. The fraction of sp³-hybridized carbons (Fsp3) is 0.455. The molecule has 0 saturated carbocycles. The molecule has 3 heterocycles. The molecular formula is C22H29N5O4S. The van der Waals surface area contributed by atoms with Crippen molar-refractivity contribution in [3.8, 4) is 0 Å². The molecule has 1 fully saturated rings. The molecule has 9 nitrogen and oxygen atoms in total. The minimum absolute atomic E-state index is 0.0331. The van der Waals surface area contributed by atoms with E-state index in [1.807, 2.05) is 37.8 Å². The van der Waals surface area contributed by atoms with Gasteiger partial charge in [0.15, 0.2) is 5.82 Å². The second-order valence-electron chi connectivity index (χ2n) is 8.28. The van der Waals surface area contributed by atoms with Gasteiger partial charge in [-0.15, -0.1) is 0 Å². The van der Waals surface area contributed by atoms with E-state index < -0.39 is 10.0 Å². The van der Waals surface area contributed by atoms with Gasteiger partial charge in [-0.1, -0.05) is 0 Å². The third-order valence-electron chi connectivity index (χ3n) is 5.86. The monoisotopic (exact) mass is 459 g/mol. The highest BCUT2D eigenvalue weighted by atomic mass is 32.2. The molecule has 1 saturated heterocycles. The Morgan fingerprint density at radius 2 is 1.75 bits per heavy atom. The normalized spacial score (nSPS) is 19.9. The minimum Gasteiger partial charge on any atom is -0.379 e. The van der Waals surface area contributed by atoms with Crippen molar-refractivity contribution in [3.63, 3.8) is 0 Å². The average molecular weight is 460 g/mol.